The van der Waals surface area contributed by atoms with Gasteiger partial charge in [0.05, 0.1) is 23.8 Å². The Kier molecular flexibility index (Phi) is 9.00. The van der Waals surface area contributed by atoms with E-state index in [1.165, 1.54) is 16.4 Å². The predicted octanol–water partition coefficient (Wildman–Crippen LogP) is 3.91. The summed E-state index contributed by atoms with van der Waals surface area (Å²) in [6.07, 6.45) is 2.28. The molecule has 0 radical (unpaired) electrons. The van der Waals surface area contributed by atoms with Crippen LogP contribution in [0, 0.1) is 0 Å². The van der Waals surface area contributed by atoms with Crippen molar-refractivity contribution in [1.82, 2.24) is 9.21 Å². The van der Waals surface area contributed by atoms with E-state index in [-0.39, 0.29) is 40.1 Å². The second-order valence-electron chi connectivity index (χ2n) is 8.90. The van der Waals surface area contributed by atoms with Crippen molar-refractivity contribution in [3.8, 4) is 5.75 Å². The highest BCUT2D eigenvalue weighted by Gasteiger charge is 2.36. The van der Waals surface area contributed by atoms with Crippen LogP contribution in [0.3, 0.4) is 0 Å². The number of carbonyl (C=O) groups is 1. The number of amides is 1. The van der Waals surface area contributed by atoms with Crippen molar-refractivity contribution in [1.29, 1.82) is 0 Å². The van der Waals surface area contributed by atoms with Crippen molar-refractivity contribution in [2.75, 3.05) is 57.9 Å². The van der Waals surface area contributed by atoms with E-state index in [1.54, 1.807) is 18.1 Å². The molecule has 0 spiro atoms. The summed E-state index contributed by atoms with van der Waals surface area (Å²) in [5.74, 6) is 0.703. The predicted molar refractivity (Wildman–Crippen MR) is 141 cm³/mol. The fourth-order valence-corrected chi connectivity index (χ4v) is 7.47. The third-order valence-corrected chi connectivity index (χ3v) is 9.55. The zero-order chi connectivity index (χ0) is 25.7. The van der Waals surface area contributed by atoms with E-state index in [4.69, 9.17) is 32.7 Å². The summed E-state index contributed by atoms with van der Waals surface area (Å²) in [6.45, 7) is 3.02. The van der Waals surface area contributed by atoms with E-state index >= 15 is 0 Å². The molecule has 0 N–H and O–H groups in total. The van der Waals surface area contributed by atoms with Crippen LogP contribution in [0.1, 0.15) is 19.3 Å². The van der Waals surface area contributed by atoms with Crippen LogP contribution in [-0.2, 0) is 19.6 Å². The van der Waals surface area contributed by atoms with Crippen molar-refractivity contribution in [2.45, 2.75) is 30.2 Å². The standard InChI is InChI=1S/C25H31Cl2N3O5S/c1-34-21-8-4-7-19(16-21)28-12-14-29(15-13-28)24(31)18-35-17-20-6-2-3-11-30(20)36(32,33)25-22(26)9-5-10-23(25)27/h4-5,7-10,16,20H,2-3,6,11-15,17-18H2,1H3. The highest BCUT2D eigenvalue weighted by Crippen LogP contribution is 2.34. The fourth-order valence-electron chi connectivity index (χ4n) is 4.70. The number of halogens is 2. The molecule has 0 saturated carbocycles. The van der Waals surface area contributed by atoms with Gasteiger partial charge in [0, 0.05) is 50.5 Å². The minimum absolute atomic E-state index is 0.0785. The Morgan fingerprint density at radius 3 is 2.39 bits per heavy atom. The molecule has 36 heavy (non-hydrogen) atoms. The first-order chi connectivity index (χ1) is 17.3. The molecule has 2 heterocycles. The largest absolute Gasteiger partial charge is 0.497 e. The molecule has 2 saturated heterocycles. The van der Waals surface area contributed by atoms with Crippen molar-refractivity contribution in [3.05, 3.63) is 52.5 Å². The molecule has 2 aliphatic heterocycles. The van der Waals surface area contributed by atoms with Gasteiger partial charge in [-0.2, -0.15) is 4.31 Å². The van der Waals surface area contributed by atoms with Gasteiger partial charge in [-0.15, -0.1) is 0 Å². The maximum atomic E-state index is 13.4. The lowest BCUT2D eigenvalue weighted by Crippen LogP contribution is -2.50. The summed E-state index contributed by atoms with van der Waals surface area (Å²) >= 11 is 12.4. The minimum Gasteiger partial charge on any atom is -0.497 e. The van der Waals surface area contributed by atoms with Crippen LogP contribution in [-0.4, -0.2) is 82.6 Å². The summed E-state index contributed by atoms with van der Waals surface area (Å²) in [4.78, 5) is 16.7. The molecule has 0 bridgehead atoms. The first-order valence-electron chi connectivity index (χ1n) is 12.0. The van der Waals surface area contributed by atoms with Gasteiger partial charge in [-0.25, -0.2) is 8.42 Å². The third-order valence-electron chi connectivity index (χ3n) is 6.65. The van der Waals surface area contributed by atoms with E-state index < -0.39 is 10.0 Å². The smallest absolute Gasteiger partial charge is 0.248 e. The Balaban J connectivity index is 1.31. The number of nitrogens with zero attached hydrogens (tertiary/aromatic N) is 3. The highest BCUT2D eigenvalue weighted by atomic mass is 35.5. The van der Waals surface area contributed by atoms with E-state index in [2.05, 4.69) is 4.90 Å². The molecule has 11 heteroatoms. The number of methoxy groups -OCH3 is 1. The zero-order valence-electron chi connectivity index (χ0n) is 20.2. The molecule has 2 aromatic rings. The van der Waals surface area contributed by atoms with Crippen LogP contribution in [0.25, 0.3) is 0 Å². The van der Waals surface area contributed by atoms with Gasteiger partial charge in [0.25, 0.3) is 0 Å². The van der Waals surface area contributed by atoms with Crippen molar-refractivity contribution >= 4 is 44.8 Å². The Bertz CT molecular complexity index is 1150. The van der Waals surface area contributed by atoms with E-state index in [1.807, 2.05) is 24.3 Å². The monoisotopic (exact) mass is 555 g/mol. The summed E-state index contributed by atoms with van der Waals surface area (Å²) in [7, 11) is -2.26. The number of sulfonamides is 1. The van der Waals surface area contributed by atoms with E-state index in [9.17, 15) is 13.2 Å². The Morgan fingerprint density at radius 2 is 1.69 bits per heavy atom. The number of hydrogen-bond donors (Lipinski definition) is 0. The van der Waals surface area contributed by atoms with Gasteiger partial charge in [-0.1, -0.05) is 41.8 Å². The lowest BCUT2D eigenvalue weighted by atomic mass is 10.1. The number of hydrogen-bond acceptors (Lipinski definition) is 6. The van der Waals surface area contributed by atoms with Gasteiger partial charge in [-0.3, -0.25) is 4.79 Å². The average Bonchev–Trinajstić information content (AvgIpc) is 2.89. The zero-order valence-corrected chi connectivity index (χ0v) is 22.6. The maximum absolute atomic E-state index is 13.4. The van der Waals surface area contributed by atoms with Crippen LogP contribution in [0.4, 0.5) is 5.69 Å². The van der Waals surface area contributed by atoms with Crippen molar-refractivity contribution in [3.63, 3.8) is 0 Å². The first kappa shape index (κ1) is 27.0. The van der Waals surface area contributed by atoms with E-state index in [0.29, 0.717) is 39.1 Å². The van der Waals surface area contributed by atoms with E-state index in [0.717, 1.165) is 24.3 Å². The van der Waals surface area contributed by atoms with Crippen LogP contribution in [0.5, 0.6) is 5.75 Å². The van der Waals surface area contributed by atoms with Crippen molar-refractivity contribution < 1.29 is 22.7 Å². The van der Waals surface area contributed by atoms with Crippen molar-refractivity contribution in [2.24, 2.45) is 0 Å². The minimum atomic E-state index is -3.90. The first-order valence-corrected chi connectivity index (χ1v) is 14.2. The van der Waals surface area contributed by atoms with Gasteiger partial charge < -0.3 is 19.3 Å². The molecule has 1 amide bonds. The number of rotatable bonds is 8. The second kappa shape index (κ2) is 12.0. The summed E-state index contributed by atoms with van der Waals surface area (Å²) < 4.78 is 39.2. The SMILES string of the molecule is COc1cccc(N2CCN(C(=O)COCC3CCCCN3S(=O)(=O)c3c(Cl)cccc3Cl)CC2)c1. The normalized spacial score (nSPS) is 19.4. The third kappa shape index (κ3) is 6.08. The molecule has 1 unspecified atom stereocenters. The summed E-state index contributed by atoms with van der Waals surface area (Å²) in [6, 6.07) is 12.1. The molecule has 0 aromatic heterocycles. The molecular formula is C25H31Cl2N3O5S. The Labute approximate surface area is 222 Å². The van der Waals surface area contributed by atoms with Gasteiger partial charge in [0.2, 0.25) is 15.9 Å². The van der Waals surface area contributed by atoms with Gasteiger partial charge in [-0.05, 0) is 37.1 Å². The van der Waals surface area contributed by atoms with Gasteiger partial charge in [0.15, 0.2) is 0 Å². The Hall–Kier alpha value is -2.04. The number of ether oxygens (including phenoxy) is 2. The van der Waals surface area contributed by atoms with Gasteiger partial charge >= 0.3 is 0 Å². The molecule has 1 atom stereocenters. The Morgan fingerprint density at radius 1 is 1.00 bits per heavy atom. The molecule has 8 nitrogen and oxygen atoms in total. The van der Waals surface area contributed by atoms with Gasteiger partial charge in [0.1, 0.15) is 17.3 Å². The summed E-state index contributed by atoms with van der Waals surface area (Å²) in [5.41, 5.74) is 1.06. The van der Waals surface area contributed by atoms with Crippen LogP contribution in [0.15, 0.2) is 47.4 Å². The van der Waals surface area contributed by atoms with Crippen LogP contribution >= 0.6 is 23.2 Å². The quantitative estimate of drug-likeness (QED) is 0.491. The summed E-state index contributed by atoms with van der Waals surface area (Å²) in [5, 5.41) is 0.187. The lowest BCUT2D eigenvalue weighted by molar-refractivity contribution is -0.137. The molecular weight excluding hydrogens is 525 g/mol. The molecule has 2 fully saturated rings. The number of piperidine rings is 1. The molecule has 0 aliphatic carbocycles. The highest BCUT2D eigenvalue weighted by molar-refractivity contribution is 7.89. The molecule has 196 valence electrons. The second-order valence-corrected chi connectivity index (χ2v) is 11.5. The number of anilines is 1. The topological polar surface area (TPSA) is 79.4 Å². The lowest BCUT2D eigenvalue weighted by Gasteiger charge is -2.37. The molecule has 4 rings (SSSR count). The molecule has 2 aliphatic rings. The van der Waals surface area contributed by atoms with Crippen LogP contribution in [0.2, 0.25) is 10.0 Å². The average molecular weight is 557 g/mol. The number of carbonyl (C=O) groups excluding carboxylic acids is 1. The molecule has 2 aromatic carbocycles. The number of benzene rings is 2. The van der Waals surface area contributed by atoms with Crippen LogP contribution < -0.4 is 9.64 Å². The number of piperazine rings is 1. The maximum Gasteiger partial charge on any atom is 0.248 e. The fraction of sp³-hybridized carbons (Fsp3) is 0.480.